The third kappa shape index (κ3) is 3.11. The summed E-state index contributed by atoms with van der Waals surface area (Å²) in [4.78, 5) is 0. The van der Waals surface area contributed by atoms with Gasteiger partial charge in [-0.2, -0.15) is 5.26 Å². The lowest BCUT2D eigenvalue weighted by Crippen LogP contribution is -2.42. The van der Waals surface area contributed by atoms with Gasteiger partial charge in [0.2, 0.25) is 0 Å². The lowest BCUT2D eigenvalue weighted by Gasteiger charge is -2.35. The van der Waals surface area contributed by atoms with Gasteiger partial charge in [-0.3, -0.25) is 0 Å². The van der Waals surface area contributed by atoms with Crippen LogP contribution < -0.4 is 5.32 Å². The SMILES string of the molecule is CC1CCCC(C)C1NCc1ccc(C#N)cc1. The van der Waals surface area contributed by atoms with E-state index < -0.39 is 0 Å². The Balaban J connectivity index is 1.91. The molecule has 0 radical (unpaired) electrons. The van der Waals surface area contributed by atoms with Crippen LogP contribution in [0.5, 0.6) is 0 Å². The predicted octanol–water partition coefficient (Wildman–Crippen LogP) is 3.47. The normalized spacial score (nSPS) is 27.7. The van der Waals surface area contributed by atoms with Crippen molar-refractivity contribution in [2.75, 3.05) is 0 Å². The van der Waals surface area contributed by atoms with E-state index in [0.29, 0.717) is 6.04 Å². The van der Waals surface area contributed by atoms with Gasteiger partial charge in [-0.1, -0.05) is 32.4 Å². The smallest absolute Gasteiger partial charge is 0.0991 e. The van der Waals surface area contributed by atoms with Crippen LogP contribution in [0.2, 0.25) is 0 Å². The third-order valence-corrected chi connectivity index (χ3v) is 4.17. The summed E-state index contributed by atoms with van der Waals surface area (Å²) < 4.78 is 0. The van der Waals surface area contributed by atoms with Gasteiger partial charge in [-0.25, -0.2) is 0 Å². The van der Waals surface area contributed by atoms with Gasteiger partial charge < -0.3 is 5.32 Å². The number of nitrogens with zero attached hydrogens (tertiary/aromatic N) is 1. The van der Waals surface area contributed by atoms with Crippen molar-refractivity contribution in [1.82, 2.24) is 5.32 Å². The van der Waals surface area contributed by atoms with Crippen molar-refractivity contribution in [1.29, 1.82) is 5.26 Å². The fourth-order valence-electron chi connectivity index (χ4n) is 3.02. The van der Waals surface area contributed by atoms with Crippen LogP contribution in [0.15, 0.2) is 24.3 Å². The number of hydrogen-bond donors (Lipinski definition) is 1. The Morgan fingerprint density at radius 1 is 1.17 bits per heavy atom. The predicted molar refractivity (Wildman–Crippen MR) is 74.0 cm³/mol. The molecule has 0 amide bonds. The minimum absolute atomic E-state index is 0.634. The number of hydrogen-bond acceptors (Lipinski definition) is 2. The molecule has 2 nitrogen and oxygen atoms in total. The molecule has 2 atom stereocenters. The summed E-state index contributed by atoms with van der Waals surface area (Å²) in [6, 6.07) is 10.7. The first-order valence-electron chi connectivity index (χ1n) is 6.93. The maximum Gasteiger partial charge on any atom is 0.0991 e. The summed E-state index contributed by atoms with van der Waals surface area (Å²) in [7, 11) is 0. The average molecular weight is 242 g/mol. The third-order valence-electron chi connectivity index (χ3n) is 4.17. The Bertz CT molecular complexity index is 406. The molecule has 0 aromatic heterocycles. The summed E-state index contributed by atoms with van der Waals surface area (Å²) in [6.45, 7) is 5.61. The second-order valence-electron chi connectivity index (χ2n) is 5.60. The Morgan fingerprint density at radius 2 is 1.78 bits per heavy atom. The minimum Gasteiger partial charge on any atom is -0.309 e. The molecule has 1 saturated carbocycles. The molecule has 2 unspecified atom stereocenters. The molecule has 1 fully saturated rings. The van der Waals surface area contributed by atoms with E-state index in [4.69, 9.17) is 5.26 Å². The number of benzene rings is 1. The fourth-order valence-corrected chi connectivity index (χ4v) is 3.02. The molecule has 0 heterocycles. The molecule has 18 heavy (non-hydrogen) atoms. The standard InChI is InChI=1S/C16H22N2/c1-12-4-3-5-13(2)16(12)18-11-15-8-6-14(10-17)7-9-15/h6-9,12-13,16,18H,3-5,11H2,1-2H3. The molecular weight excluding hydrogens is 220 g/mol. The van der Waals surface area contributed by atoms with E-state index >= 15 is 0 Å². The average Bonchev–Trinajstić information content (AvgIpc) is 2.39. The minimum atomic E-state index is 0.634. The Kier molecular flexibility index (Phi) is 4.38. The molecule has 1 aromatic rings. The quantitative estimate of drug-likeness (QED) is 0.881. The molecule has 2 rings (SSSR count). The first-order chi connectivity index (χ1) is 8.70. The first-order valence-corrected chi connectivity index (χ1v) is 6.93. The van der Waals surface area contributed by atoms with Crippen molar-refractivity contribution in [2.24, 2.45) is 11.8 Å². The van der Waals surface area contributed by atoms with Gasteiger partial charge in [0.05, 0.1) is 11.6 Å². The molecular formula is C16H22N2. The zero-order valence-electron chi connectivity index (χ0n) is 11.3. The second-order valence-corrected chi connectivity index (χ2v) is 5.60. The highest BCUT2D eigenvalue weighted by atomic mass is 14.9. The maximum atomic E-state index is 8.77. The van der Waals surface area contributed by atoms with Crippen molar-refractivity contribution in [3.63, 3.8) is 0 Å². The van der Waals surface area contributed by atoms with Crippen LogP contribution in [-0.4, -0.2) is 6.04 Å². The van der Waals surface area contributed by atoms with Crippen LogP contribution in [0.3, 0.4) is 0 Å². The fraction of sp³-hybridized carbons (Fsp3) is 0.562. The maximum absolute atomic E-state index is 8.77. The highest BCUT2D eigenvalue weighted by Gasteiger charge is 2.26. The lowest BCUT2D eigenvalue weighted by atomic mass is 9.78. The topological polar surface area (TPSA) is 35.8 Å². The largest absolute Gasteiger partial charge is 0.309 e. The zero-order valence-corrected chi connectivity index (χ0v) is 11.3. The lowest BCUT2D eigenvalue weighted by molar-refractivity contribution is 0.207. The van der Waals surface area contributed by atoms with Gasteiger partial charge in [-0.15, -0.1) is 0 Å². The summed E-state index contributed by atoms with van der Waals surface area (Å²) in [5, 5.41) is 12.5. The molecule has 1 aliphatic rings. The van der Waals surface area contributed by atoms with Crippen LogP contribution in [0, 0.1) is 23.2 Å². The molecule has 1 aliphatic carbocycles. The van der Waals surface area contributed by atoms with E-state index in [1.165, 1.54) is 24.8 Å². The number of nitriles is 1. The molecule has 0 aliphatic heterocycles. The van der Waals surface area contributed by atoms with E-state index in [1.807, 2.05) is 24.3 Å². The number of nitrogens with one attached hydrogen (secondary N) is 1. The van der Waals surface area contributed by atoms with E-state index in [2.05, 4.69) is 25.2 Å². The van der Waals surface area contributed by atoms with Crippen molar-refractivity contribution in [3.8, 4) is 6.07 Å². The van der Waals surface area contributed by atoms with Gasteiger partial charge in [0, 0.05) is 12.6 Å². The summed E-state index contributed by atoms with van der Waals surface area (Å²) in [5.74, 6) is 1.54. The molecule has 0 bridgehead atoms. The van der Waals surface area contributed by atoms with Gasteiger partial charge >= 0.3 is 0 Å². The number of rotatable bonds is 3. The van der Waals surface area contributed by atoms with E-state index in [1.54, 1.807) is 0 Å². The van der Waals surface area contributed by atoms with Crippen LogP contribution in [-0.2, 0) is 6.54 Å². The summed E-state index contributed by atoms with van der Waals surface area (Å²) in [5.41, 5.74) is 2.00. The van der Waals surface area contributed by atoms with Gasteiger partial charge in [-0.05, 0) is 42.4 Å². The van der Waals surface area contributed by atoms with E-state index in [-0.39, 0.29) is 0 Å². The Labute approximate surface area is 110 Å². The van der Waals surface area contributed by atoms with E-state index in [0.717, 1.165) is 23.9 Å². The van der Waals surface area contributed by atoms with Crippen molar-refractivity contribution < 1.29 is 0 Å². The van der Waals surface area contributed by atoms with Gasteiger partial charge in [0.1, 0.15) is 0 Å². The first kappa shape index (κ1) is 13.1. The van der Waals surface area contributed by atoms with Crippen LogP contribution in [0.25, 0.3) is 0 Å². The molecule has 96 valence electrons. The Hall–Kier alpha value is -1.33. The van der Waals surface area contributed by atoms with Crippen molar-refractivity contribution in [2.45, 2.75) is 45.7 Å². The molecule has 2 heteroatoms. The molecule has 0 spiro atoms. The monoisotopic (exact) mass is 242 g/mol. The van der Waals surface area contributed by atoms with Crippen molar-refractivity contribution >= 4 is 0 Å². The highest BCUT2D eigenvalue weighted by molar-refractivity contribution is 5.31. The van der Waals surface area contributed by atoms with Crippen LogP contribution >= 0.6 is 0 Å². The van der Waals surface area contributed by atoms with E-state index in [9.17, 15) is 0 Å². The second kappa shape index (κ2) is 6.02. The van der Waals surface area contributed by atoms with Crippen LogP contribution in [0.4, 0.5) is 0 Å². The van der Waals surface area contributed by atoms with Gasteiger partial charge in [0.15, 0.2) is 0 Å². The van der Waals surface area contributed by atoms with Crippen LogP contribution in [0.1, 0.15) is 44.2 Å². The molecule has 1 aromatic carbocycles. The van der Waals surface area contributed by atoms with Gasteiger partial charge in [0.25, 0.3) is 0 Å². The summed E-state index contributed by atoms with van der Waals surface area (Å²) >= 11 is 0. The Morgan fingerprint density at radius 3 is 2.33 bits per heavy atom. The highest BCUT2D eigenvalue weighted by Crippen LogP contribution is 2.28. The zero-order chi connectivity index (χ0) is 13.0. The van der Waals surface area contributed by atoms with Crippen molar-refractivity contribution in [3.05, 3.63) is 35.4 Å². The molecule has 0 saturated heterocycles. The molecule has 1 N–H and O–H groups in total. The summed E-state index contributed by atoms with van der Waals surface area (Å²) in [6.07, 6.45) is 4.06.